The van der Waals surface area contributed by atoms with Crippen molar-refractivity contribution >= 4 is 15.9 Å². The lowest BCUT2D eigenvalue weighted by atomic mass is 10.3. The molecule has 0 saturated heterocycles. The van der Waals surface area contributed by atoms with Gasteiger partial charge in [-0.1, -0.05) is 0 Å². The van der Waals surface area contributed by atoms with Crippen LogP contribution in [0.3, 0.4) is 0 Å². The van der Waals surface area contributed by atoms with Crippen molar-refractivity contribution in [2.75, 3.05) is 20.3 Å². The van der Waals surface area contributed by atoms with Gasteiger partial charge in [0.1, 0.15) is 0 Å². The molecule has 1 aromatic rings. The first-order valence-corrected chi connectivity index (χ1v) is 4.46. The van der Waals surface area contributed by atoms with E-state index < -0.39 is 0 Å². The standard InChI is InChI=1S/C7H12BrN3O/c1-12-5-7(2-9)11-4-6(8)3-10-11/h3-4,7H,2,5,9H2,1H3. The molecule has 0 fully saturated rings. The molecule has 1 heterocycles. The topological polar surface area (TPSA) is 53.1 Å². The average molecular weight is 234 g/mol. The first-order valence-electron chi connectivity index (χ1n) is 3.66. The predicted octanol–water partition coefficient (Wildman–Crippen LogP) is 0.792. The Morgan fingerprint density at radius 1 is 1.83 bits per heavy atom. The molecular formula is C7H12BrN3O. The van der Waals surface area contributed by atoms with Crippen LogP contribution < -0.4 is 5.73 Å². The van der Waals surface area contributed by atoms with Gasteiger partial charge in [0, 0.05) is 19.9 Å². The van der Waals surface area contributed by atoms with E-state index in [1.165, 1.54) is 0 Å². The molecule has 0 saturated carbocycles. The third kappa shape index (κ3) is 2.30. The van der Waals surface area contributed by atoms with Gasteiger partial charge in [-0.2, -0.15) is 5.10 Å². The SMILES string of the molecule is COCC(CN)n1cc(Br)cn1. The summed E-state index contributed by atoms with van der Waals surface area (Å²) < 4.78 is 7.76. The Kier molecular flexibility index (Phi) is 3.71. The lowest BCUT2D eigenvalue weighted by Gasteiger charge is -2.13. The molecule has 0 spiro atoms. The summed E-state index contributed by atoms with van der Waals surface area (Å²) in [5.41, 5.74) is 5.54. The molecule has 1 atom stereocenters. The summed E-state index contributed by atoms with van der Waals surface area (Å²) in [6.07, 6.45) is 3.62. The molecule has 0 bridgehead atoms. The van der Waals surface area contributed by atoms with E-state index >= 15 is 0 Å². The van der Waals surface area contributed by atoms with Gasteiger partial charge in [-0.3, -0.25) is 4.68 Å². The Bertz CT molecular complexity index is 238. The highest BCUT2D eigenvalue weighted by molar-refractivity contribution is 9.10. The van der Waals surface area contributed by atoms with Crippen LogP contribution in [0.25, 0.3) is 0 Å². The molecule has 68 valence electrons. The molecule has 1 aromatic heterocycles. The van der Waals surface area contributed by atoms with Crippen molar-refractivity contribution in [3.05, 3.63) is 16.9 Å². The molecule has 1 unspecified atom stereocenters. The highest BCUT2D eigenvalue weighted by Crippen LogP contribution is 2.10. The van der Waals surface area contributed by atoms with Crippen LogP contribution in [0.15, 0.2) is 16.9 Å². The molecule has 0 aliphatic heterocycles. The summed E-state index contributed by atoms with van der Waals surface area (Å²) in [4.78, 5) is 0. The lowest BCUT2D eigenvalue weighted by Crippen LogP contribution is -2.23. The Morgan fingerprint density at radius 3 is 3.00 bits per heavy atom. The number of methoxy groups -OCH3 is 1. The zero-order valence-corrected chi connectivity index (χ0v) is 8.49. The number of nitrogens with two attached hydrogens (primary N) is 1. The summed E-state index contributed by atoms with van der Waals surface area (Å²) in [5.74, 6) is 0. The smallest absolute Gasteiger partial charge is 0.0874 e. The molecule has 0 aliphatic carbocycles. The van der Waals surface area contributed by atoms with Gasteiger partial charge < -0.3 is 10.5 Å². The van der Waals surface area contributed by atoms with Gasteiger partial charge in [-0.05, 0) is 15.9 Å². The van der Waals surface area contributed by atoms with E-state index in [4.69, 9.17) is 10.5 Å². The molecule has 2 N–H and O–H groups in total. The van der Waals surface area contributed by atoms with Crippen molar-refractivity contribution in [2.24, 2.45) is 5.73 Å². The molecule has 0 radical (unpaired) electrons. The van der Waals surface area contributed by atoms with Crippen molar-refractivity contribution in [1.29, 1.82) is 0 Å². The van der Waals surface area contributed by atoms with E-state index in [2.05, 4.69) is 21.0 Å². The van der Waals surface area contributed by atoms with Gasteiger partial charge in [0.05, 0.1) is 23.3 Å². The normalized spacial score (nSPS) is 13.2. The maximum Gasteiger partial charge on any atom is 0.0874 e. The fraction of sp³-hybridized carbons (Fsp3) is 0.571. The van der Waals surface area contributed by atoms with Crippen LogP contribution in [-0.4, -0.2) is 30.0 Å². The Labute approximate surface area is 79.8 Å². The molecule has 4 nitrogen and oxygen atoms in total. The van der Waals surface area contributed by atoms with Crippen molar-refractivity contribution in [2.45, 2.75) is 6.04 Å². The maximum atomic E-state index is 5.54. The van der Waals surface area contributed by atoms with Gasteiger partial charge in [-0.15, -0.1) is 0 Å². The molecule has 5 heteroatoms. The second-order valence-electron chi connectivity index (χ2n) is 2.48. The summed E-state index contributed by atoms with van der Waals surface area (Å²) in [5, 5.41) is 4.12. The number of nitrogens with zero attached hydrogens (tertiary/aromatic N) is 2. The quantitative estimate of drug-likeness (QED) is 0.837. The van der Waals surface area contributed by atoms with Crippen molar-refractivity contribution in [1.82, 2.24) is 9.78 Å². The average Bonchev–Trinajstić information content (AvgIpc) is 2.47. The van der Waals surface area contributed by atoms with Crippen molar-refractivity contribution in [3.8, 4) is 0 Å². The number of ether oxygens (including phenoxy) is 1. The maximum absolute atomic E-state index is 5.54. The van der Waals surface area contributed by atoms with Gasteiger partial charge in [0.25, 0.3) is 0 Å². The first-order chi connectivity index (χ1) is 5.77. The highest BCUT2D eigenvalue weighted by Gasteiger charge is 2.08. The third-order valence-electron chi connectivity index (χ3n) is 1.58. The second-order valence-corrected chi connectivity index (χ2v) is 3.40. The summed E-state index contributed by atoms with van der Waals surface area (Å²) in [7, 11) is 1.65. The van der Waals surface area contributed by atoms with Gasteiger partial charge >= 0.3 is 0 Å². The minimum atomic E-state index is 0.126. The monoisotopic (exact) mass is 233 g/mol. The zero-order valence-electron chi connectivity index (χ0n) is 6.90. The van der Waals surface area contributed by atoms with Crippen molar-refractivity contribution in [3.63, 3.8) is 0 Å². The third-order valence-corrected chi connectivity index (χ3v) is 1.98. The summed E-state index contributed by atoms with van der Waals surface area (Å²) in [6.45, 7) is 1.12. The molecule has 0 aromatic carbocycles. The van der Waals surface area contributed by atoms with E-state index in [0.717, 1.165) is 4.47 Å². The number of aromatic nitrogens is 2. The molecule has 12 heavy (non-hydrogen) atoms. The Balaban J connectivity index is 2.66. The Hall–Kier alpha value is -0.390. The predicted molar refractivity (Wildman–Crippen MR) is 49.9 cm³/mol. The van der Waals surface area contributed by atoms with Crippen LogP contribution >= 0.6 is 15.9 Å². The van der Waals surface area contributed by atoms with Crippen LogP contribution in [-0.2, 0) is 4.74 Å². The van der Waals surface area contributed by atoms with E-state index in [1.54, 1.807) is 18.0 Å². The van der Waals surface area contributed by atoms with E-state index in [-0.39, 0.29) is 6.04 Å². The second kappa shape index (κ2) is 4.59. The molecule has 0 aliphatic rings. The largest absolute Gasteiger partial charge is 0.382 e. The number of hydrogen-bond acceptors (Lipinski definition) is 3. The molecule has 1 rings (SSSR count). The minimum absolute atomic E-state index is 0.126. The first kappa shape index (κ1) is 9.70. The lowest BCUT2D eigenvalue weighted by molar-refractivity contribution is 0.152. The van der Waals surface area contributed by atoms with Crippen LogP contribution in [0.2, 0.25) is 0 Å². The van der Waals surface area contributed by atoms with E-state index in [0.29, 0.717) is 13.2 Å². The Morgan fingerprint density at radius 2 is 2.58 bits per heavy atom. The van der Waals surface area contributed by atoms with Gasteiger partial charge in [0.2, 0.25) is 0 Å². The molecular weight excluding hydrogens is 222 g/mol. The highest BCUT2D eigenvalue weighted by atomic mass is 79.9. The van der Waals surface area contributed by atoms with Crippen LogP contribution in [0.5, 0.6) is 0 Å². The van der Waals surface area contributed by atoms with Gasteiger partial charge in [0.15, 0.2) is 0 Å². The number of halogens is 1. The minimum Gasteiger partial charge on any atom is -0.382 e. The van der Waals surface area contributed by atoms with Crippen LogP contribution in [0.4, 0.5) is 0 Å². The van der Waals surface area contributed by atoms with Crippen LogP contribution in [0, 0.1) is 0 Å². The van der Waals surface area contributed by atoms with Gasteiger partial charge in [-0.25, -0.2) is 0 Å². The molecule has 0 amide bonds. The van der Waals surface area contributed by atoms with E-state index in [1.807, 2.05) is 6.20 Å². The number of rotatable bonds is 4. The van der Waals surface area contributed by atoms with Crippen LogP contribution in [0.1, 0.15) is 6.04 Å². The van der Waals surface area contributed by atoms with E-state index in [9.17, 15) is 0 Å². The fourth-order valence-electron chi connectivity index (χ4n) is 0.959. The zero-order chi connectivity index (χ0) is 8.97. The number of hydrogen-bond donors (Lipinski definition) is 1. The summed E-state index contributed by atoms with van der Waals surface area (Å²) in [6, 6.07) is 0.126. The van der Waals surface area contributed by atoms with Crippen molar-refractivity contribution < 1.29 is 4.74 Å². The summed E-state index contributed by atoms with van der Waals surface area (Å²) >= 11 is 3.32. The fourth-order valence-corrected chi connectivity index (χ4v) is 1.26.